The van der Waals surface area contributed by atoms with Gasteiger partial charge in [0.2, 0.25) is 0 Å². The van der Waals surface area contributed by atoms with E-state index in [1.54, 1.807) is 31.2 Å². The maximum atomic E-state index is 12.6. The summed E-state index contributed by atoms with van der Waals surface area (Å²) in [7, 11) is 0. The van der Waals surface area contributed by atoms with Gasteiger partial charge in [-0.2, -0.15) is 5.26 Å². The quantitative estimate of drug-likeness (QED) is 0.831. The smallest absolute Gasteiger partial charge is 0.338 e. The van der Waals surface area contributed by atoms with Crippen LogP contribution in [-0.4, -0.2) is 23.1 Å². The minimum Gasteiger partial charge on any atom is -0.462 e. The molecule has 0 saturated heterocycles. The van der Waals surface area contributed by atoms with Crippen LogP contribution in [0.2, 0.25) is 0 Å². The molecule has 3 rings (SSSR count). The first-order chi connectivity index (χ1) is 12.1. The van der Waals surface area contributed by atoms with Crippen molar-refractivity contribution in [3.05, 3.63) is 46.8 Å². The predicted octanol–water partition coefficient (Wildman–Crippen LogP) is 2.32. The van der Waals surface area contributed by atoms with Crippen LogP contribution in [0.25, 0.3) is 0 Å². The first-order valence-corrected chi connectivity index (χ1v) is 8.06. The van der Waals surface area contributed by atoms with E-state index < -0.39 is 5.97 Å². The number of nitrogen functional groups attached to an aromatic ring is 1. The number of fused-ring (bicyclic) bond motifs is 1. The molecule has 25 heavy (non-hydrogen) atoms. The van der Waals surface area contributed by atoms with Crippen LogP contribution in [0.5, 0.6) is 0 Å². The number of amides is 1. The van der Waals surface area contributed by atoms with Gasteiger partial charge in [-0.1, -0.05) is 0 Å². The third kappa shape index (κ3) is 2.94. The summed E-state index contributed by atoms with van der Waals surface area (Å²) in [6.45, 7) is 2.71. The van der Waals surface area contributed by atoms with Crippen LogP contribution in [0.15, 0.2) is 24.3 Å². The Balaban J connectivity index is 1.82. The van der Waals surface area contributed by atoms with Crippen molar-refractivity contribution in [3.63, 3.8) is 0 Å². The molecule has 1 aliphatic rings. The average molecular weight is 338 g/mol. The number of nitriles is 1. The number of carbonyl (C=O) groups excluding carboxylic acids is 2. The molecule has 1 aromatic carbocycles. The fourth-order valence-electron chi connectivity index (χ4n) is 3.06. The van der Waals surface area contributed by atoms with E-state index >= 15 is 0 Å². The summed E-state index contributed by atoms with van der Waals surface area (Å²) in [5.74, 6) is -0.779. The monoisotopic (exact) mass is 338 g/mol. The molecule has 1 aromatic heterocycles. The van der Waals surface area contributed by atoms with Crippen LogP contribution in [0.3, 0.4) is 0 Å². The molecule has 0 fully saturated rings. The predicted molar refractivity (Wildman–Crippen MR) is 92.2 cm³/mol. The summed E-state index contributed by atoms with van der Waals surface area (Å²) >= 11 is 0. The zero-order valence-electron chi connectivity index (χ0n) is 13.8. The average Bonchev–Trinajstić information content (AvgIpc) is 3.15. The third-order valence-electron chi connectivity index (χ3n) is 4.18. The van der Waals surface area contributed by atoms with Crippen molar-refractivity contribution in [1.82, 2.24) is 4.57 Å². The number of benzene rings is 1. The van der Waals surface area contributed by atoms with E-state index in [2.05, 4.69) is 11.4 Å². The second-order valence-corrected chi connectivity index (χ2v) is 5.70. The lowest BCUT2D eigenvalue weighted by atomic mass is 10.1. The number of hydrogen-bond donors (Lipinski definition) is 2. The summed E-state index contributed by atoms with van der Waals surface area (Å²) < 4.78 is 6.74. The molecular formula is C18H18N4O3. The Kier molecular flexibility index (Phi) is 4.44. The summed E-state index contributed by atoms with van der Waals surface area (Å²) in [5, 5.41) is 12.0. The molecule has 1 amide bonds. The van der Waals surface area contributed by atoms with E-state index in [1.807, 2.05) is 4.57 Å². The second-order valence-electron chi connectivity index (χ2n) is 5.70. The standard InChI is InChI=1S/C18H18N4O3/c1-2-25-18(24)11-5-7-12(8-6-11)21-17(23)16-15(20)13(10-19)14-4-3-9-22(14)16/h5-8H,2-4,9,20H2,1H3,(H,21,23). The van der Waals surface area contributed by atoms with Crippen molar-refractivity contribution >= 4 is 23.3 Å². The van der Waals surface area contributed by atoms with Crippen LogP contribution in [0, 0.1) is 11.3 Å². The van der Waals surface area contributed by atoms with Gasteiger partial charge >= 0.3 is 5.97 Å². The molecular weight excluding hydrogens is 320 g/mol. The first kappa shape index (κ1) is 16.6. The van der Waals surface area contributed by atoms with Gasteiger partial charge in [0.15, 0.2) is 0 Å². The molecule has 0 atom stereocenters. The van der Waals surface area contributed by atoms with Gasteiger partial charge in [-0.15, -0.1) is 0 Å². The molecule has 0 saturated carbocycles. The Morgan fingerprint density at radius 2 is 2.08 bits per heavy atom. The van der Waals surface area contributed by atoms with Crippen LogP contribution >= 0.6 is 0 Å². The van der Waals surface area contributed by atoms with Gasteiger partial charge < -0.3 is 20.4 Å². The molecule has 2 aromatic rings. The molecule has 0 spiro atoms. The lowest BCUT2D eigenvalue weighted by molar-refractivity contribution is 0.0526. The van der Waals surface area contributed by atoms with E-state index in [0.29, 0.717) is 35.7 Å². The van der Waals surface area contributed by atoms with E-state index in [0.717, 1.165) is 18.5 Å². The molecule has 0 aliphatic carbocycles. The van der Waals surface area contributed by atoms with Gasteiger partial charge in [0.05, 0.1) is 23.4 Å². The highest BCUT2D eigenvalue weighted by molar-refractivity contribution is 6.08. The van der Waals surface area contributed by atoms with Crippen molar-refractivity contribution in [3.8, 4) is 6.07 Å². The van der Waals surface area contributed by atoms with Crippen LogP contribution in [0.1, 0.15) is 45.4 Å². The summed E-state index contributed by atoms with van der Waals surface area (Å²) in [6, 6.07) is 8.51. The number of aromatic nitrogens is 1. The Labute approximate surface area is 145 Å². The van der Waals surface area contributed by atoms with Crippen molar-refractivity contribution < 1.29 is 14.3 Å². The molecule has 128 valence electrons. The summed E-state index contributed by atoms with van der Waals surface area (Å²) in [5.41, 5.74) is 8.70. The maximum Gasteiger partial charge on any atom is 0.338 e. The minimum atomic E-state index is -0.410. The molecule has 0 radical (unpaired) electrons. The number of nitrogens with zero attached hydrogens (tertiary/aromatic N) is 2. The number of carbonyl (C=O) groups is 2. The fourth-order valence-corrected chi connectivity index (χ4v) is 3.06. The Bertz CT molecular complexity index is 875. The number of rotatable bonds is 4. The molecule has 0 unspecified atom stereocenters. The molecule has 0 bridgehead atoms. The zero-order valence-corrected chi connectivity index (χ0v) is 13.8. The zero-order chi connectivity index (χ0) is 18.0. The highest BCUT2D eigenvalue weighted by atomic mass is 16.5. The number of nitrogens with two attached hydrogens (primary N) is 1. The van der Waals surface area contributed by atoms with Crippen molar-refractivity contribution in [2.45, 2.75) is 26.3 Å². The number of hydrogen-bond acceptors (Lipinski definition) is 5. The highest BCUT2D eigenvalue weighted by Crippen LogP contribution is 2.31. The number of ether oxygens (including phenoxy) is 1. The summed E-state index contributed by atoms with van der Waals surface area (Å²) in [6.07, 6.45) is 1.63. The van der Waals surface area contributed by atoms with E-state index in [1.165, 1.54) is 0 Å². The number of esters is 1. The van der Waals surface area contributed by atoms with Gasteiger partial charge in [0.25, 0.3) is 5.91 Å². The molecule has 3 N–H and O–H groups in total. The van der Waals surface area contributed by atoms with E-state index in [9.17, 15) is 14.9 Å². The SMILES string of the molecule is CCOC(=O)c1ccc(NC(=O)c2c(N)c(C#N)c3n2CCC3)cc1. The van der Waals surface area contributed by atoms with Gasteiger partial charge in [-0.3, -0.25) is 4.79 Å². The Morgan fingerprint density at radius 3 is 2.72 bits per heavy atom. The first-order valence-electron chi connectivity index (χ1n) is 8.06. The topological polar surface area (TPSA) is 110 Å². The Hall–Kier alpha value is -3.27. The Morgan fingerprint density at radius 1 is 1.36 bits per heavy atom. The lowest BCUT2D eigenvalue weighted by Gasteiger charge is -2.09. The van der Waals surface area contributed by atoms with Crippen molar-refractivity contribution in [1.29, 1.82) is 5.26 Å². The molecule has 7 heteroatoms. The fraction of sp³-hybridized carbons (Fsp3) is 0.278. The second kappa shape index (κ2) is 6.69. The molecule has 2 heterocycles. The van der Waals surface area contributed by atoms with Crippen LogP contribution in [-0.2, 0) is 17.7 Å². The van der Waals surface area contributed by atoms with Gasteiger partial charge in [-0.25, -0.2) is 4.79 Å². The van der Waals surface area contributed by atoms with E-state index in [4.69, 9.17) is 10.5 Å². The largest absolute Gasteiger partial charge is 0.462 e. The van der Waals surface area contributed by atoms with Crippen molar-refractivity contribution in [2.75, 3.05) is 17.7 Å². The van der Waals surface area contributed by atoms with Gasteiger partial charge in [-0.05, 0) is 44.0 Å². The van der Waals surface area contributed by atoms with Crippen LogP contribution < -0.4 is 11.1 Å². The minimum absolute atomic E-state index is 0.220. The van der Waals surface area contributed by atoms with Crippen LogP contribution in [0.4, 0.5) is 11.4 Å². The lowest BCUT2D eigenvalue weighted by Crippen LogP contribution is -2.18. The maximum absolute atomic E-state index is 12.6. The van der Waals surface area contributed by atoms with Gasteiger partial charge in [0.1, 0.15) is 11.8 Å². The van der Waals surface area contributed by atoms with E-state index in [-0.39, 0.29) is 11.6 Å². The highest BCUT2D eigenvalue weighted by Gasteiger charge is 2.28. The normalized spacial score (nSPS) is 12.3. The molecule has 1 aliphatic heterocycles. The summed E-state index contributed by atoms with van der Waals surface area (Å²) in [4.78, 5) is 24.3. The van der Waals surface area contributed by atoms with Crippen molar-refractivity contribution in [2.24, 2.45) is 0 Å². The molecule has 7 nitrogen and oxygen atoms in total. The number of nitrogens with one attached hydrogen (secondary N) is 1. The van der Waals surface area contributed by atoms with Gasteiger partial charge in [0, 0.05) is 17.9 Å². The third-order valence-corrected chi connectivity index (χ3v) is 4.18. The number of anilines is 2.